The zero-order valence-corrected chi connectivity index (χ0v) is 38.5. The van der Waals surface area contributed by atoms with Crippen LogP contribution < -0.4 is 15.6 Å². The molecule has 4 aromatic rings. The fourth-order valence-electron chi connectivity index (χ4n) is 9.24. The smallest absolute Gasteiger partial charge is 0.408 e. The Bertz CT molecular complexity index is 2390. The zero-order valence-electron chi connectivity index (χ0n) is 37.6. The molecule has 3 fully saturated rings. The van der Waals surface area contributed by atoms with Crippen molar-refractivity contribution >= 4 is 45.9 Å². The Morgan fingerprint density at radius 2 is 1.91 bits per heavy atom. The third kappa shape index (κ3) is 10.2. The van der Waals surface area contributed by atoms with Gasteiger partial charge in [0.2, 0.25) is 0 Å². The number of hydrogen-bond donors (Lipinski definition) is 2. The van der Waals surface area contributed by atoms with E-state index in [1.165, 1.54) is 20.9 Å². The van der Waals surface area contributed by atoms with Crippen LogP contribution in [0.5, 0.6) is 0 Å². The van der Waals surface area contributed by atoms with Gasteiger partial charge in [-0.25, -0.2) is 15.2 Å². The second-order valence-corrected chi connectivity index (χ2v) is 20.5. The lowest BCUT2D eigenvalue weighted by molar-refractivity contribution is -0.155. The van der Waals surface area contributed by atoms with Gasteiger partial charge in [-0.05, 0) is 69.7 Å². The first kappa shape index (κ1) is 45.8. The minimum atomic E-state index is -4.57. The molecule has 2 amide bonds. The van der Waals surface area contributed by atoms with Crippen molar-refractivity contribution < 1.29 is 41.8 Å². The Balaban J connectivity index is 1.28. The summed E-state index contributed by atoms with van der Waals surface area (Å²) in [4.78, 5) is 55.6. The zero-order chi connectivity index (χ0) is 45.7. The molecule has 6 bridgehead atoms. The molecule has 3 aromatic heterocycles. The number of thiazole rings is 1. The fraction of sp³-hybridized carbons (Fsp3) is 0.587. The number of pyridine rings is 1. The maximum Gasteiger partial charge on any atom is 0.408 e. The van der Waals surface area contributed by atoms with Crippen molar-refractivity contribution in [3.05, 3.63) is 52.1 Å². The Morgan fingerprint density at radius 3 is 2.66 bits per heavy atom. The number of nitrogens with one attached hydrogen (secondary N) is 2. The number of hydrogen-bond acceptors (Lipinski definition) is 12. The van der Waals surface area contributed by atoms with Gasteiger partial charge >= 0.3 is 18.2 Å². The quantitative estimate of drug-likeness (QED) is 0.198. The predicted octanol–water partition coefficient (Wildman–Crippen LogP) is 7.09. The van der Waals surface area contributed by atoms with Crippen molar-refractivity contribution in [3.8, 4) is 22.5 Å². The van der Waals surface area contributed by atoms with Crippen LogP contribution in [0.3, 0.4) is 0 Å². The van der Waals surface area contributed by atoms with Crippen LogP contribution >= 0.6 is 11.3 Å². The molecule has 346 valence electrons. The van der Waals surface area contributed by atoms with E-state index in [-0.39, 0.29) is 31.4 Å². The van der Waals surface area contributed by atoms with Gasteiger partial charge in [0.1, 0.15) is 24.2 Å². The number of aromatic nitrogens is 3. The first-order chi connectivity index (χ1) is 30.2. The molecule has 3 saturated heterocycles. The second kappa shape index (κ2) is 17.9. The van der Waals surface area contributed by atoms with Crippen LogP contribution in [0.25, 0.3) is 33.4 Å². The molecule has 4 aliphatic heterocycles. The van der Waals surface area contributed by atoms with E-state index in [1.54, 1.807) is 32.9 Å². The number of alkyl halides is 3. The molecule has 0 unspecified atom stereocenters. The molecule has 0 saturated carbocycles. The molecular formula is C46H59F3N8O6S. The van der Waals surface area contributed by atoms with E-state index in [9.17, 15) is 27.6 Å². The third-order valence-electron chi connectivity index (χ3n) is 12.2. The van der Waals surface area contributed by atoms with Crippen molar-refractivity contribution in [2.45, 2.75) is 117 Å². The highest BCUT2D eigenvalue weighted by Gasteiger charge is 2.38. The minimum absolute atomic E-state index is 0.0218. The van der Waals surface area contributed by atoms with E-state index in [1.807, 2.05) is 51.4 Å². The summed E-state index contributed by atoms with van der Waals surface area (Å²) >= 11 is 1.31. The molecule has 18 heteroatoms. The molecule has 4 aliphatic rings. The number of alkyl carbamates (subject to hydrolysis) is 1. The summed E-state index contributed by atoms with van der Waals surface area (Å²) in [7, 11) is 0. The highest BCUT2D eigenvalue weighted by atomic mass is 32.1. The number of amides is 2. The molecule has 2 N–H and O–H groups in total. The monoisotopic (exact) mass is 908 g/mol. The molecule has 0 spiro atoms. The van der Waals surface area contributed by atoms with E-state index < -0.39 is 53.8 Å². The van der Waals surface area contributed by atoms with Gasteiger partial charge in [0.15, 0.2) is 0 Å². The maximum absolute atomic E-state index is 14.9. The first-order valence-corrected chi connectivity index (χ1v) is 23.1. The van der Waals surface area contributed by atoms with Crippen molar-refractivity contribution in [3.63, 3.8) is 0 Å². The Kier molecular flexibility index (Phi) is 12.8. The predicted molar refractivity (Wildman–Crippen MR) is 238 cm³/mol. The number of benzene rings is 1. The molecule has 7 heterocycles. The van der Waals surface area contributed by atoms with Crippen molar-refractivity contribution in [1.29, 1.82) is 0 Å². The highest BCUT2D eigenvalue weighted by Crippen LogP contribution is 2.44. The van der Waals surface area contributed by atoms with E-state index >= 15 is 0 Å². The van der Waals surface area contributed by atoms with Crippen LogP contribution in [-0.4, -0.2) is 125 Å². The van der Waals surface area contributed by atoms with Crippen LogP contribution in [0.4, 0.5) is 23.7 Å². The van der Waals surface area contributed by atoms with Gasteiger partial charge in [-0.1, -0.05) is 33.8 Å². The summed E-state index contributed by atoms with van der Waals surface area (Å²) in [6, 6.07) is 5.65. The van der Waals surface area contributed by atoms with E-state index in [4.69, 9.17) is 24.2 Å². The number of nitrogens with zero attached hydrogens (tertiary/aromatic N) is 6. The van der Waals surface area contributed by atoms with Gasteiger partial charge in [0.05, 0.1) is 59.8 Å². The van der Waals surface area contributed by atoms with Gasteiger partial charge in [-0.2, -0.15) is 13.2 Å². The van der Waals surface area contributed by atoms with Crippen LogP contribution in [0.1, 0.15) is 83.5 Å². The number of ether oxygens (including phenoxy) is 3. The SMILES string of the molecule is CC(C)c1ncc(N2CCN3CCOC[C@@H]3C2)cc1-c1c2c3cc(ccc3n1CC(F)(F)F)-c1csc(n1)C[C@H](NC(=O)OC(C)(C)C)C(=O)N1CCC[C@H](N1)C(=O)OCC(C)(C)C2. The number of hydrazine groups is 1. The normalized spacial score (nSPS) is 22.6. The molecule has 3 atom stereocenters. The molecular weight excluding hydrogens is 850 g/mol. The molecule has 0 aliphatic carbocycles. The summed E-state index contributed by atoms with van der Waals surface area (Å²) in [6.45, 7) is 16.5. The summed E-state index contributed by atoms with van der Waals surface area (Å²) in [5, 5.41) is 7.09. The molecule has 1 aromatic carbocycles. The van der Waals surface area contributed by atoms with Crippen LogP contribution in [0.2, 0.25) is 0 Å². The Hall–Kier alpha value is -4.78. The van der Waals surface area contributed by atoms with E-state index in [2.05, 4.69) is 20.5 Å². The van der Waals surface area contributed by atoms with Gasteiger partial charge < -0.3 is 29.0 Å². The van der Waals surface area contributed by atoms with Gasteiger partial charge in [-0.15, -0.1) is 11.3 Å². The fourth-order valence-corrected chi connectivity index (χ4v) is 10.1. The summed E-state index contributed by atoms with van der Waals surface area (Å²) in [5.41, 5.74) is 6.33. The summed E-state index contributed by atoms with van der Waals surface area (Å²) in [6.07, 6.45) is -2.32. The Morgan fingerprint density at radius 1 is 1.11 bits per heavy atom. The average molecular weight is 909 g/mol. The number of rotatable bonds is 5. The van der Waals surface area contributed by atoms with Gasteiger partial charge in [-0.3, -0.25) is 24.5 Å². The summed E-state index contributed by atoms with van der Waals surface area (Å²) < 4.78 is 63.5. The van der Waals surface area contributed by atoms with E-state index in [0.29, 0.717) is 88.8 Å². The number of halogens is 3. The summed E-state index contributed by atoms with van der Waals surface area (Å²) in [5.74, 6) is -1.15. The number of esters is 1. The van der Waals surface area contributed by atoms with Crippen LogP contribution in [0.15, 0.2) is 35.8 Å². The first-order valence-electron chi connectivity index (χ1n) is 22.2. The molecule has 14 nitrogen and oxygen atoms in total. The van der Waals surface area contributed by atoms with Gasteiger partial charge in [0, 0.05) is 72.0 Å². The third-order valence-corrected chi connectivity index (χ3v) is 13.1. The largest absolute Gasteiger partial charge is 0.464 e. The molecule has 0 radical (unpaired) electrons. The van der Waals surface area contributed by atoms with E-state index in [0.717, 1.165) is 25.3 Å². The number of carbonyl (C=O) groups is 3. The highest BCUT2D eigenvalue weighted by molar-refractivity contribution is 7.10. The minimum Gasteiger partial charge on any atom is -0.464 e. The number of piperazine rings is 1. The van der Waals surface area contributed by atoms with Crippen LogP contribution in [0, 0.1) is 5.41 Å². The van der Waals surface area contributed by atoms with Crippen LogP contribution in [-0.2, 0) is 43.2 Å². The Labute approximate surface area is 375 Å². The molecule has 64 heavy (non-hydrogen) atoms. The van der Waals surface area contributed by atoms with Crippen molar-refractivity contribution in [2.24, 2.45) is 5.41 Å². The number of anilines is 1. The maximum atomic E-state index is 14.9. The second-order valence-electron chi connectivity index (χ2n) is 19.5. The van der Waals surface area contributed by atoms with Gasteiger partial charge in [0.25, 0.3) is 5.91 Å². The lowest BCUT2D eigenvalue weighted by atomic mass is 9.84. The van der Waals surface area contributed by atoms with Crippen molar-refractivity contribution in [2.75, 3.05) is 57.4 Å². The number of cyclic esters (lactones) is 1. The topological polar surface area (TPSA) is 143 Å². The lowest BCUT2D eigenvalue weighted by Crippen LogP contribution is -2.60. The number of fused-ring (bicyclic) bond motifs is 7. The number of carbonyl (C=O) groups excluding carboxylic acids is 3. The lowest BCUT2D eigenvalue weighted by Gasteiger charge is -2.44. The number of morpholine rings is 1. The van der Waals surface area contributed by atoms with Crippen molar-refractivity contribution in [1.82, 2.24) is 35.2 Å². The molecule has 8 rings (SSSR count). The standard InChI is InChI=1S/C46H59F3N8O6S/c1-27(2)39-32(18-29(21-50-39)55-14-13-54-15-16-61-23-30(54)22-55)40-33-20-45(6,7)26-62-42(59)34-9-8-12-57(53-34)41(58)35(52-43(60)63-44(3,4)5)19-38-51-36(24-64-38)28-10-11-37(31(33)17-28)56(40)25-46(47,48)49/h10-11,17-18,21,24,27,30,34-35,53H,8-9,12-16,19-20,22-23,25-26H2,1-7H3,(H,52,60)/t30-,34-,35-/m0/s1. The average Bonchev–Trinajstić information content (AvgIpc) is 3.81.